The lowest BCUT2D eigenvalue weighted by atomic mass is 10.2. The van der Waals surface area contributed by atoms with E-state index in [0.29, 0.717) is 22.3 Å². The van der Waals surface area contributed by atoms with Crippen molar-refractivity contribution >= 4 is 34.0 Å². The number of nitrogens with one attached hydrogen (secondary N) is 1. The van der Waals surface area contributed by atoms with Crippen molar-refractivity contribution in [2.45, 2.75) is 19.4 Å². The maximum Gasteiger partial charge on any atom is 0.267 e. The zero-order chi connectivity index (χ0) is 17.6. The Morgan fingerprint density at radius 2 is 1.88 bits per heavy atom. The molecule has 3 aromatic rings. The molecule has 1 N–H and O–H groups in total. The molecule has 0 bridgehead atoms. The number of amides is 1. The molecule has 2 aromatic carbocycles. The molecule has 1 atom stereocenters. The van der Waals surface area contributed by atoms with E-state index in [2.05, 4.69) is 15.5 Å². The molecule has 0 saturated carbocycles. The standard InChI is InChI=1S/C18H16ClN3O2S/c1-2-15(24-14-10-8-13(19)9-11-14)16(23)20-18-22-21-17(25-18)12-6-4-3-5-7-12/h3-11,15H,2H2,1H3,(H,20,22,23)/t15-/m1/s1. The number of carbonyl (C=O) groups excluding carboxylic acids is 1. The van der Waals surface area contributed by atoms with Crippen LogP contribution in [0, 0.1) is 0 Å². The first kappa shape index (κ1) is 17.4. The average Bonchev–Trinajstić information content (AvgIpc) is 3.10. The van der Waals surface area contributed by atoms with E-state index in [9.17, 15) is 4.79 Å². The molecule has 0 radical (unpaired) electrons. The van der Waals surface area contributed by atoms with Gasteiger partial charge in [-0.05, 0) is 30.7 Å². The number of hydrogen-bond donors (Lipinski definition) is 1. The molecule has 3 rings (SSSR count). The van der Waals surface area contributed by atoms with E-state index in [1.807, 2.05) is 37.3 Å². The molecule has 0 spiro atoms. The first-order valence-corrected chi connectivity index (χ1v) is 8.97. The number of carbonyl (C=O) groups is 1. The summed E-state index contributed by atoms with van der Waals surface area (Å²) < 4.78 is 5.73. The Kier molecular flexibility index (Phi) is 5.63. The molecule has 128 valence electrons. The maximum atomic E-state index is 12.4. The molecule has 0 unspecified atom stereocenters. The van der Waals surface area contributed by atoms with Gasteiger partial charge >= 0.3 is 0 Å². The summed E-state index contributed by atoms with van der Waals surface area (Å²) in [6.45, 7) is 1.88. The van der Waals surface area contributed by atoms with Crippen molar-refractivity contribution in [3.8, 4) is 16.3 Å². The first-order chi connectivity index (χ1) is 12.2. The van der Waals surface area contributed by atoms with Gasteiger partial charge in [-0.1, -0.05) is 60.2 Å². The lowest BCUT2D eigenvalue weighted by Crippen LogP contribution is -2.32. The van der Waals surface area contributed by atoms with Gasteiger partial charge in [-0.25, -0.2) is 0 Å². The largest absolute Gasteiger partial charge is 0.481 e. The van der Waals surface area contributed by atoms with Crippen LogP contribution in [0.1, 0.15) is 13.3 Å². The summed E-state index contributed by atoms with van der Waals surface area (Å²) in [4.78, 5) is 12.4. The fourth-order valence-corrected chi connectivity index (χ4v) is 3.03. The molecular formula is C18H16ClN3O2S. The van der Waals surface area contributed by atoms with E-state index in [1.165, 1.54) is 11.3 Å². The number of aromatic nitrogens is 2. The minimum absolute atomic E-state index is 0.256. The van der Waals surface area contributed by atoms with E-state index in [0.717, 1.165) is 10.6 Å². The third-order valence-corrected chi connectivity index (χ3v) is 4.57. The van der Waals surface area contributed by atoms with Gasteiger partial charge in [0, 0.05) is 10.6 Å². The van der Waals surface area contributed by atoms with Gasteiger partial charge in [0.25, 0.3) is 5.91 Å². The summed E-state index contributed by atoms with van der Waals surface area (Å²) in [6.07, 6.45) is -0.0935. The smallest absolute Gasteiger partial charge is 0.267 e. The predicted octanol–water partition coefficient (Wildman–Crippen LogP) is 4.65. The van der Waals surface area contributed by atoms with Gasteiger partial charge in [0.15, 0.2) is 6.10 Å². The van der Waals surface area contributed by atoms with Crippen LogP contribution in [0.4, 0.5) is 5.13 Å². The summed E-state index contributed by atoms with van der Waals surface area (Å²) in [6, 6.07) is 16.6. The van der Waals surface area contributed by atoms with Gasteiger partial charge < -0.3 is 4.74 Å². The highest BCUT2D eigenvalue weighted by Crippen LogP contribution is 2.26. The van der Waals surface area contributed by atoms with E-state index in [4.69, 9.17) is 16.3 Å². The molecule has 0 fully saturated rings. The van der Waals surface area contributed by atoms with E-state index in [-0.39, 0.29) is 5.91 Å². The second-order valence-corrected chi connectivity index (χ2v) is 6.65. The van der Waals surface area contributed by atoms with Crippen molar-refractivity contribution in [2.24, 2.45) is 0 Å². The minimum Gasteiger partial charge on any atom is -0.481 e. The summed E-state index contributed by atoms with van der Waals surface area (Å²) in [5.74, 6) is 0.335. The van der Waals surface area contributed by atoms with Crippen molar-refractivity contribution in [1.82, 2.24) is 10.2 Å². The lowest BCUT2D eigenvalue weighted by molar-refractivity contribution is -0.122. The Morgan fingerprint density at radius 1 is 1.16 bits per heavy atom. The molecule has 1 aromatic heterocycles. The van der Waals surface area contributed by atoms with Crippen LogP contribution >= 0.6 is 22.9 Å². The Balaban J connectivity index is 1.66. The lowest BCUT2D eigenvalue weighted by Gasteiger charge is -2.16. The molecule has 0 saturated heterocycles. The van der Waals surface area contributed by atoms with Crippen LogP contribution in [0.15, 0.2) is 54.6 Å². The van der Waals surface area contributed by atoms with Crippen molar-refractivity contribution < 1.29 is 9.53 Å². The monoisotopic (exact) mass is 373 g/mol. The molecule has 0 aliphatic carbocycles. The van der Waals surface area contributed by atoms with Gasteiger partial charge in [0.1, 0.15) is 10.8 Å². The number of halogens is 1. The van der Waals surface area contributed by atoms with Crippen LogP contribution in [0.5, 0.6) is 5.75 Å². The highest BCUT2D eigenvalue weighted by atomic mass is 35.5. The van der Waals surface area contributed by atoms with Crippen LogP contribution < -0.4 is 10.1 Å². The Hall–Kier alpha value is -2.44. The predicted molar refractivity (Wildman–Crippen MR) is 100 cm³/mol. The molecule has 7 heteroatoms. The van der Waals surface area contributed by atoms with Crippen molar-refractivity contribution in [3.05, 3.63) is 59.6 Å². The Morgan fingerprint density at radius 3 is 2.56 bits per heavy atom. The highest BCUT2D eigenvalue weighted by Gasteiger charge is 2.20. The van der Waals surface area contributed by atoms with Crippen molar-refractivity contribution in [2.75, 3.05) is 5.32 Å². The number of hydrogen-bond acceptors (Lipinski definition) is 5. The van der Waals surface area contributed by atoms with Crippen molar-refractivity contribution in [1.29, 1.82) is 0 Å². The van der Waals surface area contributed by atoms with Crippen LogP contribution in [0.3, 0.4) is 0 Å². The van der Waals surface area contributed by atoms with Crippen LogP contribution in [-0.2, 0) is 4.79 Å². The fourth-order valence-electron chi connectivity index (χ4n) is 2.16. The quantitative estimate of drug-likeness (QED) is 0.682. The Bertz CT molecular complexity index is 837. The number of nitrogens with zero attached hydrogens (tertiary/aromatic N) is 2. The third kappa shape index (κ3) is 4.55. The number of benzene rings is 2. The van der Waals surface area contributed by atoms with Crippen LogP contribution in [0.25, 0.3) is 10.6 Å². The molecule has 0 aliphatic heterocycles. The van der Waals surface area contributed by atoms with E-state index in [1.54, 1.807) is 24.3 Å². The van der Waals surface area contributed by atoms with Crippen LogP contribution in [0.2, 0.25) is 5.02 Å². The van der Waals surface area contributed by atoms with Crippen molar-refractivity contribution in [3.63, 3.8) is 0 Å². The summed E-state index contributed by atoms with van der Waals surface area (Å²) in [5, 5.41) is 12.7. The normalized spacial score (nSPS) is 11.8. The van der Waals surface area contributed by atoms with Gasteiger partial charge in [-0.3, -0.25) is 10.1 Å². The first-order valence-electron chi connectivity index (χ1n) is 7.77. The second-order valence-electron chi connectivity index (χ2n) is 5.24. The third-order valence-electron chi connectivity index (χ3n) is 3.43. The van der Waals surface area contributed by atoms with Crippen LogP contribution in [-0.4, -0.2) is 22.2 Å². The summed E-state index contributed by atoms with van der Waals surface area (Å²) in [5.41, 5.74) is 0.963. The zero-order valence-electron chi connectivity index (χ0n) is 13.5. The number of rotatable bonds is 6. The fraction of sp³-hybridized carbons (Fsp3) is 0.167. The number of ether oxygens (including phenoxy) is 1. The van der Waals surface area contributed by atoms with E-state index >= 15 is 0 Å². The van der Waals surface area contributed by atoms with Gasteiger partial charge in [0.2, 0.25) is 5.13 Å². The SMILES string of the molecule is CC[C@@H](Oc1ccc(Cl)cc1)C(=O)Nc1nnc(-c2ccccc2)s1. The zero-order valence-corrected chi connectivity index (χ0v) is 15.1. The minimum atomic E-state index is -0.620. The molecular weight excluding hydrogens is 358 g/mol. The topological polar surface area (TPSA) is 64.1 Å². The molecule has 25 heavy (non-hydrogen) atoms. The highest BCUT2D eigenvalue weighted by molar-refractivity contribution is 7.18. The summed E-state index contributed by atoms with van der Waals surface area (Å²) in [7, 11) is 0. The Labute approximate surface area is 154 Å². The molecule has 5 nitrogen and oxygen atoms in total. The van der Waals surface area contributed by atoms with Gasteiger partial charge in [0.05, 0.1) is 0 Å². The summed E-state index contributed by atoms with van der Waals surface area (Å²) >= 11 is 7.18. The number of anilines is 1. The second kappa shape index (κ2) is 8.09. The van der Waals surface area contributed by atoms with Gasteiger partial charge in [-0.15, -0.1) is 10.2 Å². The maximum absolute atomic E-state index is 12.4. The average molecular weight is 374 g/mol. The molecule has 0 aliphatic rings. The molecule has 1 amide bonds. The molecule has 1 heterocycles. The van der Waals surface area contributed by atoms with Gasteiger partial charge in [-0.2, -0.15) is 0 Å². The van der Waals surface area contributed by atoms with E-state index < -0.39 is 6.10 Å².